The summed E-state index contributed by atoms with van der Waals surface area (Å²) in [6.45, 7) is 4.11. The summed E-state index contributed by atoms with van der Waals surface area (Å²) in [5, 5.41) is 2.90. The molecule has 0 saturated carbocycles. The van der Waals surface area contributed by atoms with Crippen LogP contribution in [-0.2, 0) is 0 Å². The second-order valence-corrected chi connectivity index (χ2v) is 3.74. The smallest absolute Gasteiger partial charge is 0.253 e. The molecule has 1 rings (SSSR count). The topological polar surface area (TPSA) is 42.0 Å². The minimum absolute atomic E-state index is 0.183. The molecule has 1 amide bonds. The molecule has 0 aliphatic rings. The normalized spacial score (nSPS) is 12.2. The maximum atomic E-state index is 12.6. The van der Waals surface area contributed by atoms with Gasteiger partial charge in [-0.25, -0.2) is 4.98 Å². The van der Waals surface area contributed by atoms with Gasteiger partial charge in [0.05, 0.1) is 5.56 Å². The molecule has 0 aromatic carbocycles. The lowest BCUT2D eigenvalue weighted by atomic mass is 10.1. The zero-order chi connectivity index (χ0) is 12.0. The summed E-state index contributed by atoms with van der Waals surface area (Å²) in [6.07, 6.45) is 4.13. The molecular weight excluding hydrogens is 207 g/mol. The van der Waals surface area contributed by atoms with E-state index in [4.69, 9.17) is 0 Å². The molecule has 0 aliphatic heterocycles. The first-order valence-electron chi connectivity index (χ1n) is 5.59. The fraction of sp³-hybridized carbons (Fsp3) is 0.500. The summed E-state index contributed by atoms with van der Waals surface area (Å²) in [4.78, 5) is 15.2. The van der Waals surface area contributed by atoms with Crippen LogP contribution in [0.2, 0.25) is 0 Å². The molecule has 1 heterocycles. The Balaban J connectivity index is 2.60. The molecule has 0 fully saturated rings. The van der Waals surface area contributed by atoms with E-state index in [1.807, 2.05) is 6.92 Å². The molecule has 1 aromatic heterocycles. The minimum Gasteiger partial charge on any atom is -0.349 e. The summed E-state index contributed by atoms with van der Waals surface area (Å²) < 4.78 is 12.6. The highest BCUT2D eigenvalue weighted by Crippen LogP contribution is 2.04. The predicted octanol–water partition coefficient (Wildman–Crippen LogP) is 2.53. The Hall–Kier alpha value is -1.45. The van der Waals surface area contributed by atoms with Crippen LogP contribution in [0.1, 0.15) is 43.5 Å². The van der Waals surface area contributed by atoms with Crippen molar-refractivity contribution < 1.29 is 9.18 Å². The third-order valence-electron chi connectivity index (χ3n) is 2.45. The fourth-order valence-electron chi connectivity index (χ4n) is 1.51. The first-order chi connectivity index (χ1) is 7.67. The average molecular weight is 224 g/mol. The van der Waals surface area contributed by atoms with Gasteiger partial charge in [0.1, 0.15) is 0 Å². The summed E-state index contributed by atoms with van der Waals surface area (Å²) >= 11 is 0. The van der Waals surface area contributed by atoms with Gasteiger partial charge in [-0.15, -0.1) is 0 Å². The van der Waals surface area contributed by atoms with E-state index in [1.165, 1.54) is 18.3 Å². The van der Waals surface area contributed by atoms with Crippen molar-refractivity contribution in [3.05, 3.63) is 29.8 Å². The number of hydrogen-bond acceptors (Lipinski definition) is 2. The third-order valence-corrected chi connectivity index (χ3v) is 2.45. The zero-order valence-corrected chi connectivity index (χ0v) is 9.66. The van der Waals surface area contributed by atoms with Crippen LogP contribution >= 0.6 is 0 Å². The Morgan fingerprint density at radius 2 is 2.25 bits per heavy atom. The molecule has 4 heteroatoms. The number of pyridine rings is 1. The number of hydrogen-bond donors (Lipinski definition) is 1. The first kappa shape index (κ1) is 12.6. The van der Waals surface area contributed by atoms with E-state index in [9.17, 15) is 9.18 Å². The molecular formula is C12H17FN2O. The van der Waals surface area contributed by atoms with Crippen LogP contribution in [0.15, 0.2) is 18.3 Å². The van der Waals surface area contributed by atoms with Crippen LogP contribution in [0.5, 0.6) is 0 Å². The Morgan fingerprint density at radius 1 is 1.50 bits per heavy atom. The van der Waals surface area contributed by atoms with Crippen molar-refractivity contribution in [3.8, 4) is 0 Å². The highest BCUT2D eigenvalue weighted by molar-refractivity contribution is 5.93. The first-order valence-corrected chi connectivity index (χ1v) is 5.59. The lowest BCUT2D eigenvalue weighted by Gasteiger charge is -2.15. The standard InChI is InChI=1S/C12H17FN2O/c1-3-5-10(4-2)15-12(16)9-6-7-11(13)14-8-9/h6-8,10H,3-5H2,1-2H3,(H,15,16). The van der Waals surface area contributed by atoms with Crippen LogP contribution in [0, 0.1) is 5.95 Å². The van der Waals surface area contributed by atoms with Gasteiger partial charge in [-0.1, -0.05) is 20.3 Å². The summed E-state index contributed by atoms with van der Waals surface area (Å²) in [6, 6.07) is 2.81. The average Bonchev–Trinajstić information content (AvgIpc) is 2.29. The number of aromatic nitrogens is 1. The highest BCUT2D eigenvalue weighted by Gasteiger charge is 2.11. The molecule has 3 nitrogen and oxygen atoms in total. The summed E-state index contributed by atoms with van der Waals surface area (Å²) in [5.41, 5.74) is 0.399. The molecule has 0 bridgehead atoms. The van der Waals surface area contributed by atoms with Crippen LogP contribution in [-0.4, -0.2) is 16.9 Å². The van der Waals surface area contributed by atoms with Gasteiger partial charge >= 0.3 is 0 Å². The second kappa shape index (κ2) is 6.20. The summed E-state index contributed by atoms with van der Waals surface area (Å²) in [7, 11) is 0. The van der Waals surface area contributed by atoms with E-state index >= 15 is 0 Å². The van der Waals surface area contributed by atoms with Crippen molar-refractivity contribution in [3.63, 3.8) is 0 Å². The zero-order valence-electron chi connectivity index (χ0n) is 9.66. The molecule has 0 radical (unpaired) electrons. The van der Waals surface area contributed by atoms with Gasteiger partial charge < -0.3 is 5.32 Å². The van der Waals surface area contributed by atoms with Gasteiger partial charge in [0, 0.05) is 12.2 Å². The van der Waals surface area contributed by atoms with E-state index in [0.717, 1.165) is 19.3 Å². The SMILES string of the molecule is CCCC(CC)NC(=O)c1ccc(F)nc1. The van der Waals surface area contributed by atoms with Crippen molar-refractivity contribution in [2.45, 2.75) is 39.2 Å². The van der Waals surface area contributed by atoms with Gasteiger partial charge in [0.15, 0.2) is 0 Å². The number of nitrogens with one attached hydrogen (secondary N) is 1. The number of halogens is 1. The monoisotopic (exact) mass is 224 g/mol. The molecule has 88 valence electrons. The van der Waals surface area contributed by atoms with Crippen LogP contribution < -0.4 is 5.32 Å². The maximum Gasteiger partial charge on any atom is 0.253 e. The van der Waals surface area contributed by atoms with Crippen molar-refractivity contribution >= 4 is 5.91 Å². The fourth-order valence-corrected chi connectivity index (χ4v) is 1.51. The minimum atomic E-state index is -0.572. The molecule has 0 spiro atoms. The van der Waals surface area contributed by atoms with Gasteiger partial charge in [-0.2, -0.15) is 4.39 Å². The third kappa shape index (κ3) is 3.61. The number of rotatable bonds is 5. The Kier molecular flexibility index (Phi) is 4.89. The van der Waals surface area contributed by atoms with Gasteiger partial charge in [-0.3, -0.25) is 4.79 Å². The maximum absolute atomic E-state index is 12.6. The number of carbonyl (C=O) groups excluding carboxylic acids is 1. The van der Waals surface area contributed by atoms with Crippen molar-refractivity contribution in [1.82, 2.24) is 10.3 Å². The molecule has 1 unspecified atom stereocenters. The Bertz CT molecular complexity index is 337. The van der Waals surface area contributed by atoms with Crippen molar-refractivity contribution in [2.75, 3.05) is 0 Å². The summed E-state index contributed by atoms with van der Waals surface area (Å²) in [5.74, 6) is -0.759. The van der Waals surface area contributed by atoms with Crippen LogP contribution in [0.25, 0.3) is 0 Å². The largest absolute Gasteiger partial charge is 0.349 e. The van der Waals surface area contributed by atoms with Crippen molar-refractivity contribution in [1.29, 1.82) is 0 Å². The Morgan fingerprint density at radius 3 is 2.75 bits per heavy atom. The van der Waals surface area contributed by atoms with E-state index in [-0.39, 0.29) is 11.9 Å². The lowest BCUT2D eigenvalue weighted by molar-refractivity contribution is 0.0933. The van der Waals surface area contributed by atoms with E-state index in [1.54, 1.807) is 0 Å². The second-order valence-electron chi connectivity index (χ2n) is 3.74. The quantitative estimate of drug-likeness (QED) is 0.781. The van der Waals surface area contributed by atoms with Crippen LogP contribution in [0.4, 0.5) is 4.39 Å². The molecule has 16 heavy (non-hydrogen) atoms. The number of carbonyl (C=O) groups is 1. The van der Waals surface area contributed by atoms with E-state index in [0.29, 0.717) is 5.56 Å². The molecule has 0 saturated heterocycles. The Labute approximate surface area is 95.1 Å². The number of nitrogens with zero attached hydrogens (tertiary/aromatic N) is 1. The highest BCUT2D eigenvalue weighted by atomic mass is 19.1. The van der Waals surface area contributed by atoms with Gasteiger partial charge in [0.2, 0.25) is 5.95 Å². The molecule has 1 aromatic rings. The lowest BCUT2D eigenvalue weighted by Crippen LogP contribution is -2.34. The van der Waals surface area contributed by atoms with Gasteiger partial charge in [0.25, 0.3) is 5.91 Å². The molecule has 1 atom stereocenters. The molecule has 1 N–H and O–H groups in total. The molecule has 0 aliphatic carbocycles. The van der Waals surface area contributed by atoms with Gasteiger partial charge in [-0.05, 0) is 25.0 Å². The van der Waals surface area contributed by atoms with E-state index in [2.05, 4.69) is 17.2 Å². The van der Waals surface area contributed by atoms with Crippen molar-refractivity contribution in [2.24, 2.45) is 0 Å². The van der Waals surface area contributed by atoms with E-state index < -0.39 is 5.95 Å². The van der Waals surface area contributed by atoms with Crippen LogP contribution in [0.3, 0.4) is 0 Å². The number of amides is 1. The predicted molar refractivity (Wildman–Crippen MR) is 60.6 cm³/mol.